The molecule has 2 nitrogen and oxygen atoms in total. The number of hydrogen-bond acceptors (Lipinski definition) is 2. The molecule has 0 spiro atoms. The average molecular weight is 330 g/mol. The highest BCUT2D eigenvalue weighted by Crippen LogP contribution is 2.35. The van der Waals surface area contributed by atoms with Crippen LogP contribution in [-0.2, 0) is 6.18 Å². The lowest BCUT2D eigenvalue weighted by atomic mass is 9.99. The SMILES string of the molecule is C/C(C#N)=C(\C(C#N)=C\c1ccc(C(F)(F)F)cc1)C(F)(F)F. The zero-order chi connectivity index (χ0) is 17.8. The molecule has 0 saturated heterocycles. The van der Waals surface area contributed by atoms with Crippen molar-refractivity contribution < 1.29 is 26.3 Å². The summed E-state index contributed by atoms with van der Waals surface area (Å²) in [7, 11) is 0. The van der Waals surface area contributed by atoms with Gasteiger partial charge < -0.3 is 0 Å². The van der Waals surface area contributed by atoms with E-state index in [9.17, 15) is 26.3 Å². The predicted octanol–water partition coefficient (Wildman–Crippen LogP) is 5.01. The quantitative estimate of drug-likeness (QED) is 0.434. The fourth-order valence-electron chi connectivity index (χ4n) is 1.72. The summed E-state index contributed by atoms with van der Waals surface area (Å²) in [5.41, 5.74) is -3.97. The van der Waals surface area contributed by atoms with Gasteiger partial charge in [-0.2, -0.15) is 36.9 Å². The van der Waals surface area contributed by atoms with Crippen molar-refractivity contribution in [2.75, 3.05) is 0 Å². The lowest BCUT2D eigenvalue weighted by molar-refractivity contribution is -0.137. The molecule has 0 aliphatic rings. The van der Waals surface area contributed by atoms with Crippen LogP contribution in [0.3, 0.4) is 0 Å². The molecule has 0 aliphatic carbocycles. The summed E-state index contributed by atoms with van der Waals surface area (Å²) in [5, 5.41) is 17.5. The van der Waals surface area contributed by atoms with Crippen LogP contribution < -0.4 is 0 Å². The van der Waals surface area contributed by atoms with Gasteiger partial charge in [0.2, 0.25) is 0 Å². The van der Waals surface area contributed by atoms with Crippen LogP contribution in [0.15, 0.2) is 41.0 Å². The zero-order valence-electron chi connectivity index (χ0n) is 11.5. The third-order valence-electron chi connectivity index (χ3n) is 2.76. The molecule has 23 heavy (non-hydrogen) atoms. The Labute approximate surface area is 127 Å². The Hall–Kier alpha value is -2.74. The van der Waals surface area contributed by atoms with E-state index in [2.05, 4.69) is 0 Å². The van der Waals surface area contributed by atoms with Crippen molar-refractivity contribution in [3.05, 3.63) is 52.1 Å². The molecule has 0 radical (unpaired) electrons. The van der Waals surface area contributed by atoms with E-state index < -0.39 is 34.6 Å². The minimum absolute atomic E-state index is 0.0259. The van der Waals surface area contributed by atoms with Crippen molar-refractivity contribution in [3.63, 3.8) is 0 Å². The van der Waals surface area contributed by atoms with Crippen molar-refractivity contribution in [3.8, 4) is 12.1 Å². The van der Waals surface area contributed by atoms with Gasteiger partial charge in [0, 0.05) is 5.57 Å². The molecule has 1 rings (SSSR count). The Morgan fingerprint density at radius 3 is 1.83 bits per heavy atom. The molecule has 0 amide bonds. The van der Waals surface area contributed by atoms with Gasteiger partial charge in [0.15, 0.2) is 0 Å². The van der Waals surface area contributed by atoms with E-state index in [-0.39, 0.29) is 5.56 Å². The number of hydrogen-bond donors (Lipinski definition) is 0. The minimum Gasteiger partial charge on any atom is -0.193 e. The highest BCUT2D eigenvalue weighted by molar-refractivity contribution is 5.66. The van der Waals surface area contributed by atoms with Crippen molar-refractivity contribution in [2.24, 2.45) is 0 Å². The summed E-state index contributed by atoms with van der Waals surface area (Å²) < 4.78 is 76.2. The first-order valence-corrected chi connectivity index (χ1v) is 5.98. The molecule has 0 N–H and O–H groups in total. The monoisotopic (exact) mass is 330 g/mol. The van der Waals surface area contributed by atoms with Gasteiger partial charge in [-0.25, -0.2) is 0 Å². The van der Waals surface area contributed by atoms with E-state index in [0.717, 1.165) is 25.1 Å². The van der Waals surface area contributed by atoms with Crippen LogP contribution in [0, 0.1) is 22.7 Å². The molecule has 120 valence electrons. The molecule has 0 heterocycles. The number of nitrogens with zero attached hydrogens (tertiary/aromatic N) is 2. The molecule has 0 aromatic heterocycles. The summed E-state index contributed by atoms with van der Waals surface area (Å²) >= 11 is 0. The molecule has 0 fully saturated rings. The number of rotatable bonds is 2. The number of nitriles is 2. The molecular weight excluding hydrogens is 322 g/mol. The lowest BCUT2D eigenvalue weighted by Gasteiger charge is -2.12. The Bertz CT molecular complexity index is 722. The second-order valence-electron chi connectivity index (χ2n) is 4.40. The molecule has 1 aromatic carbocycles. The molecule has 0 bridgehead atoms. The highest BCUT2D eigenvalue weighted by atomic mass is 19.4. The average Bonchev–Trinajstić information content (AvgIpc) is 2.44. The highest BCUT2D eigenvalue weighted by Gasteiger charge is 2.38. The van der Waals surface area contributed by atoms with Crippen LogP contribution in [0.1, 0.15) is 18.1 Å². The van der Waals surface area contributed by atoms with Gasteiger partial charge in [0.05, 0.1) is 28.8 Å². The van der Waals surface area contributed by atoms with Gasteiger partial charge in [-0.1, -0.05) is 12.1 Å². The molecule has 0 atom stereocenters. The fraction of sp³-hybridized carbons (Fsp3) is 0.200. The van der Waals surface area contributed by atoms with E-state index in [1.165, 1.54) is 12.1 Å². The van der Waals surface area contributed by atoms with E-state index in [0.29, 0.717) is 12.1 Å². The van der Waals surface area contributed by atoms with Gasteiger partial charge >= 0.3 is 12.4 Å². The first kappa shape index (κ1) is 18.3. The van der Waals surface area contributed by atoms with E-state index in [4.69, 9.17) is 10.5 Å². The normalized spacial score (nSPS) is 13.9. The second kappa shape index (κ2) is 6.57. The summed E-state index contributed by atoms with van der Waals surface area (Å²) in [4.78, 5) is 0. The van der Waals surface area contributed by atoms with E-state index in [1.54, 1.807) is 0 Å². The molecular formula is C15H8F6N2. The Morgan fingerprint density at radius 1 is 0.957 bits per heavy atom. The van der Waals surface area contributed by atoms with Gasteiger partial charge in [0.25, 0.3) is 0 Å². The number of halogens is 6. The fourth-order valence-corrected chi connectivity index (χ4v) is 1.72. The van der Waals surface area contributed by atoms with Gasteiger partial charge in [-0.15, -0.1) is 0 Å². The van der Waals surface area contributed by atoms with Crippen LogP contribution in [0.5, 0.6) is 0 Å². The molecule has 1 aromatic rings. The molecule has 0 unspecified atom stereocenters. The molecule has 0 saturated carbocycles. The maximum absolute atomic E-state index is 13.0. The Morgan fingerprint density at radius 2 is 1.48 bits per heavy atom. The predicted molar refractivity (Wildman–Crippen MR) is 69.4 cm³/mol. The summed E-state index contributed by atoms with van der Waals surface area (Å²) in [6.07, 6.45) is -8.73. The number of alkyl halides is 6. The lowest BCUT2D eigenvalue weighted by Crippen LogP contribution is -2.15. The van der Waals surface area contributed by atoms with E-state index >= 15 is 0 Å². The van der Waals surface area contributed by atoms with Crippen LogP contribution in [0.2, 0.25) is 0 Å². The summed E-state index contributed by atoms with van der Waals surface area (Å²) in [6.45, 7) is 0.904. The maximum atomic E-state index is 13.0. The van der Waals surface area contributed by atoms with Crippen molar-refractivity contribution in [2.45, 2.75) is 19.3 Å². The third kappa shape index (κ3) is 4.62. The maximum Gasteiger partial charge on any atom is 0.418 e. The van der Waals surface area contributed by atoms with Crippen molar-refractivity contribution in [1.29, 1.82) is 10.5 Å². The number of allylic oxidation sites excluding steroid dienone is 3. The van der Waals surface area contributed by atoms with Crippen molar-refractivity contribution in [1.82, 2.24) is 0 Å². The first-order chi connectivity index (χ1) is 10.5. The van der Waals surface area contributed by atoms with Gasteiger partial charge in [-0.05, 0) is 30.7 Å². The smallest absolute Gasteiger partial charge is 0.193 e. The Balaban J connectivity index is 3.38. The Kier molecular flexibility index (Phi) is 5.23. The van der Waals surface area contributed by atoms with Gasteiger partial charge in [0.1, 0.15) is 0 Å². The van der Waals surface area contributed by atoms with Crippen LogP contribution in [0.25, 0.3) is 6.08 Å². The molecule has 8 heteroatoms. The van der Waals surface area contributed by atoms with Crippen molar-refractivity contribution >= 4 is 6.08 Å². The van der Waals surface area contributed by atoms with Gasteiger partial charge in [-0.3, -0.25) is 0 Å². The topological polar surface area (TPSA) is 47.6 Å². The summed E-state index contributed by atoms with van der Waals surface area (Å²) in [5.74, 6) is 0. The molecule has 0 aliphatic heterocycles. The van der Waals surface area contributed by atoms with Crippen LogP contribution >= 0.6 is 0 Å². The minimum atomic E-state index is -4.94. The standard InChI is InChI=1S/C15H8F6N2/c1-9(7-22)13(15(19,20)21)11(8-23)6-10-2-4-12(5-3-10)14(16,17)18/h2-6H,1H3/b11-6+,13-9-. The summed E-state index contributed by atoms with van der Waals surface area (Å²) in [6, 6.07) is 5.91. The van der Waals surface area contributed by atoms with Crippen LogP contribution in [-0.4, -0.2) is 6.18 Å². The second-order valence-corrected chi connectivity index (χ2v) is 4.40. The number of benzene rings is 1. The zero-order valence-corrected chi connectivity index (χ0v) is 11.5. The third-order valence-corrected chi connectivity index (χ3v) is 2.76. The largest absolute Gasteiger partial charge is 0.418 e. The van der Waals surface area contributed by atoms with Crippen LogP contribution in [0.4, 0.5) is 26.3 Å². The first-order valence-electron chi connectivity index (χ1n) is 5.98. The van der Waals surface area contributed by atoms with E-state index in [1.807, 2.05) is 0 Å².